The first-order valence-electron chi connectivity index (χ1n) is 4.44. The first-order chi connectivity index (χ1) is 7.17. The van der Waals surface area contributed by atoms with Crippen molar-refractivity contribution in [1.29, 1.82) is 5.26 Å². The Morgan fingerprint density at radius 3 is 2.80 bits per heavy atom. The molecule has 0 radical (unpaired) electrons. The molecule has 3 nitrogen and oxygen atoms in total. The Labute approximate surface area is 88.6 Å². The average molecular weight is 201 g/mol. The van der Waals surface area contributed by atoms with Gasteiger partial charge in [-0.1, -0.05) is 6.07 Å². The summed E-state index contributed by atoms with van der Waals surface area (Å²) in [6.07, 6.45) is 3.02. The number of hydrogen-bond acceptors (Lipinski definition) is 3. The predicted octanol–water partition coefficient (Wildman–Crippen LogP) is 2.05. The van der Waals surface area contributed by atoms with E-state index in [9.17, 15) is 4.79 Å². The SMILES string of the molecule is COC(=O)C=Cc1ccc(C#N)cc1C. The van der Waals surface area contributed by atoms with E-state index in [0.717, 1.165) is 11.1 Å². The number of esters is 1. The monoisotopic (exact) mass is 201 g/mol. The van der Waals surface area contributed by atoms with E-state index in [0.29, 0.717) is 5.56 Å². The van der Waals surface area contributed by atoms with Crippen molar-refractivity contribution in [1.82, 2.24) is 0 Å². The minimum Gasteiger partial charge on any atom is -0.466 e. The Kier molecular flexibility index (Phi) is 3.64. The zero-order valence-electron chi connectivity index (χ0n) is 8.65. The van der Waals surface area contributed by atoms with Gasteiger partial charge in [0, 0.05) is 6.08 Å². The number of hydrogen-bond donors (Lipinski definition) is 0. The van der Waals surface area contributed by atoms with Crippen LogP contribution in [0, 0.1) is 18.3 Å². The van der Waals surface area contributed by atoms with Gasteiger partial charge in [0.15, 0.2) is 0 Å². The van der Waals surface area contributed by atoms with Crippen LogP contribution < -0.4 is 0 Å². The molecule has 0 bridgehead atoms. The Morgan fingerprint density at radius 2 is 2.27 bits per heavy atom. The first kappa shape index (κ1) is 11.0. The third-order valence-electron chi connectivity index (χ3n) is 2.00. The number of nitrogens with zero attached hydrogens (tertiary/aromatic N) is 1. The molecular weight excluding hydrogens is 190 g/mol. The largest absolute Gasteiger partial charge is 0.466 e. The van der Waals surface area contributed by atoms with Crippen molar-refractivity contribution in [2.45, 2.75) is 6.92 Å². The molecule has 0 atom stereocenters. The van der Waals surface area contributed by atoms with Crippen LogP contribution in [-0.2, 0) is 9.53 Å². The van der Waals surface area contributed by atoms with Gasteiger partial charge in [-0.25, -0.2) is 4.79 Å². The van der Waals surface area contributed by atoms with Crippen LogP contribution in [0.25, 0.3) is 6.08 Å². The molecule has 0 aliphatic heterocycles. The van der Waals surface area contributed by atoms with Crippen molar-refractivity contribution in [3.05, 3.63) is 41.0 Å². The Hall–Kier alpha value is -2.08. The normalized spacial score (nSPS) is 9.93. The van der Waals surface area contributed by atoms with Crippen LogP contribution in [0.4, 0.5) is 0 Å². The summed E-state index contributed by atoms with van der Waals surface area (Å²) in [5.74, 6) is -0.390. The van der Waals surface area contributed by atoms with E-state index in [4.69, 9.17) is 5.26 Å². The zero-order valence-corrected chi connectivity index (χ0v) is 8.65. The lowest BCUT2D eigenvalue weighted by Crippen LogP contribution is -1.93. The van der Waals surface area contributed by atoms with E-state index in [1.54, 1.807) is 24.3 Å². The van der Waals surface area contributed by atoms with Gasteiger partial charge in [0.25, 0.3) is 0 Å². The zero-order chi connectivity index (χ0) is 11.3. The van der Waals surface area contributed by atoms with Crippen molar-refractivity contribution < 1.29 is 9.53 Å². The number of methoxy groups -OCH3 is 1. The summed E-state index contributed by atoms with van der Waals surface area (Å²) in [6.45, 7) is 1.89. The summed E-state index contributed by atoms with van der Waals surface area (Å²) < 4.78 is 4.48. The summed E-state index contributed by atoms with van der Waals surface area (Å²) in [7, 11) is 1.33. The number of rotatable bonds is 2. The van der Waals surface area contributed by atoms with Crippen LogP contribution in [0.15, 0.2) is 24.3 Å². The van der Waals surface area contributed by atoms with Crippen molar-refractivity contribution in [3.8, 4) is 6.07 Å². The van der Waals surface area contributed by atoms with Gasteiger partial charge in [-0.05, 0) is 36.3 Å². The highest BCUT2D eigenvalue weighted by Gasteiger charge is 1.97. The molecule has 0 heterocycles. The van der Waals surface area contributed by atoms with Crippen molar-refractivity contribution >= 4 is 12.0 Å². The molecule has 0 saturated carbocycles. The Morgan fingerprint density at radius 1 is 1.53 bits per heavy atom. The van der Waals surface area contributed by atoms with Gasteiger partial charge >= 0.3 is 5.97 Å². The quantitative estimate of drug-likeness (QED) is 0.543. The topological polar surface area (TPSA) is 50.1 Å². The third kappa shape index (κ3) is 2.96. The third-order valence-corrected chi connectivity index (χ3v) is 2.00. The minimum absolute atomic E-state index is 0.390. The molecule has 0 aliphatic rings. The van der Waals surface area contributed by atoms with Gasteiger partial charge in [0.2, 0.25) is 0 Å². The summed E-state index contributed by atoms with van der Waals surface area (Å²) in [5.41, 5.74) is 2.47. The Balaban J connectivity index is 2.93. The number of carbonyl (C=O) groups is 1. The van der Waals surface area contributed by atoms with Crippen LogP contribution in [-0.4, -0.2) is 13.1 Å². The molecule has 76 valence electrons. The highest BCUT2D eigenvalue weighted by molar-refractivity contribution is 5.87. The molecule has 1 aromatic rings. The number of aryl methyl sites for hydroxylation is 1. The molecular formula is C12H11NO2. The molecule has 0 unspecified atom stereocenters. The van der Waals surface area contributed by atoms with Gasteiger partial charge in [-0.15, -0.1) is 0 Å². The van der Waals surface area contributed by atoms with Crippen molar-refractivity contribution in [2.75, 3.05) is 7.11 Å². The van der Waals surface area contributed by atoms with Crippen molar-refractivity contribution in [3.63, 3.8) is 0 Å². The van der Waals surface area contributed by atoms with Gasteiger partial charge in [0.1, 0.15) is 0 Å². The van der Waals surface area contributed by atoms with E-state index >= 15 is 0 Å². The van der Waals surface area contributed by atoms with E-state index in [1.807, 2.05) is 6.92 Å². The second-order valence-electron chi connectivity index (χ2n) is 3.04. The number of ether oxygens (including phenoxy) is 1. The van der Waals surface area contributed by atoms with Crippen LogP contribution in [0.5, 0.6) is 0 Å². The first-order valence-corrected chi connectivity index (χ1v) is 4.44. The van der Waals surface area contributed by atoms with Crippen LogP contribution in [0.3, 0.4) is 0 Å². The van der Waals surface area contributed by atoms with Crippen molar-refractivity contribution in [2.24, 2.45) is 0 Å². The molecule has 0 aromatic heterocycles. The van der Waals surface area contributed by atoms with Crippen LogP contribution in [0.2, 0.25) is 0 Å². The van der Waals surface area contributed by atoms with Crippen LogP contribution in [0.1, 0.15) is 16.7 Å². The van der Waals surface area contributed by atoms with Gasteiger partial charge in [0.05, 0.1) is 18.7 Å². The average Bonchev–Trinajstić information content (AvgIpc) is 2.26. The molecule has 0 amide bonds. The lowest BCUT2D eigenvalue weighted by atomic mass is 10.1. The fourth-order valence-corrected chi connectivity index (χ4v) is 1.16. The summed E-state index contributed by atoms with van der Waals surface area (Å²) in [6, 6.07) is 7.34. The number of carbonyl (C=O) groups excluding carboxylic acids is 1. The molecule has 1 rings (SSSR count). The molecule has 0 aliphatic carbocycles. The van der Waals surface area contributed by atoms with E-state index in [-0.39, 0.29) is 0 Å². The van der Waals surface area contributed by atoms with E-state index in [1.165, 1.54) is 13.2 Å². The van der Waals surface area contributed by atoms with Gasteiger partial charge in [-0.2, -0.15) is 5.26 Å². The molecule has 0 N–H and O–H groups in total. The number of nitriles is 1. The molecule has 15 heavy (non-hydrogen) atoms. The molecule has 0 spiro atoms. The molecule has 0 saturated heterocycles. The highest BCUT2D eigenvalue weighted by Crippen LogP contribution is 2.12. The molecule has 1 aromatic carbocycles. The van der Waals surface area contributed by atoms with E-state index in [2.05, 4.69) is 10.8 Å². The maximum atomic E-state index is 10.9. The second-order valence-corrected chi connectivity index (χ2v) is 3.04. The minimum atomic E-state index is -0.390. The fraction of sp³-hybridized carbons (Fsp3) is 0.167. The van der Waals surface area contributed by atoms with Gasteiger partial charge < -0.3 is 4.74 Å². The Bertz CT molecular complexity index is 441. The summed E-state index contributed by atoms with van der Waals surface area (Å²) in [5, 5.41) is 8.67. The highest BCUT2D eigenvalue weighted by atomic mass is 16.5. The fourth-order valence-electron chi connectivity index (χ4n) is 1.16. The molecule has 0 fully saturated rings. The summed E-state index contributed by atoms with van der Waals surface area (Å²) in [4.78, 5) is 10.9. The lowest BCUT2D eigenvalue weighted by Gasteiger charge is -1.99. The second kappa shape index (κ2) is 4.97. The van der Waals surface area contributed by atoms with Gasteiger partial charge in [-0.3, -0.25) is 0 Å². The van der Waals surface area contributed by atoms with E-state index < -0.39 is 5.97 Å². The lowest BCUT2D eigenvalue weighted by molar-refractivity contribution is -0.134. The standard InChI is InChI=1S/C12H11NO2/c1-9-7-10(8-13)3-4-11(9)5-6-12(14)15-2/h3-7H,1-2H3. The molecule has 3 heteroatoms. The summed E-state index contributed by atoms with van der Waals surface area (Å²) >= 11 is 0. The smallest absolute Gasteiger partial charge is 0.330 e. The predicted molar refractivity (Wildman–Crippen MR) is 56.9 cm³/mol. The maximum Gasteiger partial charge on any atom is 0.330 e. The maximum absolute atomic E-state index is 10.9. The van der Waals surface area contributed by atoms with Crippen LogP contribution >= 0.6 is 0 Å². The number of benzene rings is 1.